The van der Waals surface area contributed by atoms with Crippen LogP contribution in [0.1, 0.15) is 15.9 Å². The zero-order valence-corrected chi connectivity index (χ0v) is 17.3. The van der Waals surface area contributed by atoms with Crippen LogP contribution in [-0.4, -0.2) is 68.6 Å². The third-order valence-corrected chi connectivity index (χ3v) is 6.74. The first-order valence-corrected chi connectivity index (χ1v) is 11.1. The molecular formula is C21H25NO6S. The standard InChI is InChI=1S/C21H25NO6S/c1-27-20-9-8-16(10-21(20)28-2)18(23)12-22(11-15-6-4-3-5-7-15)17-13-29(25,26)14-19(17)24/h3-10,17,19,24H,11-14H2,1-2H3/t17-,19+/m1/s1. The molecule has 1 saturated heterocycles. The topological polar surface area (TPSA) is 93.1 Å². The van der Waals surface area contributed by atoms with E-state index in [-0.39, 0.29) is 23.8 Å². The lowest BCUT2D eigenvalue weighted by Gasteiger charge is -2.29. The predicted molar refractivity (Wildman–Crippen MR) is 109 cm³/mol. The number of methoxy groups -OCH3 is 2. The maximum atomic E-state index is 13.0. The van der Waals surface area contributed by atoms with E-state index in [4.69, 9.17) is 9.47 Å². The molecule has 1 aliphatic rings. The number of nitrogens with zero attached hydrogens (tertiary/aromatic N) is 1. The molecule has 0 radical (unpaired) electrons. The highest BCUT2D eigenvalue weighted by molar-refractivity contribution is 7.91. The smallest absolute Gasteiger partial charge is 0.176 e. The molecule has 2 aromatic rings. The molecule has 1 fully saturated rings. The van der Waals surface area contributed by atoms with Gasteiger partial charge < -0.3 is 14.6 Å². The van der Waals surface area contributed by atoms with E-state index in [1.165, 1.54) is 14.2 Å². The zero-order chi connectivity index (χ0) is 21.0. The van der Waals surface area contributed by atoms with Crippen molar-refractivity contribution in [1.29, 1.82) is 0 Å². The minimum atomic E-state index is -3.34. The molecule has 0 spiro atoms. The number of aliphatic hydroxyl groups is 1. The number of hydrogen-bond acceptors (Lipinski definition) is 7. The van der Waals surface area contributed by atoms with Crippen LogP contribution in [0.15, 0.2) is 48.5 Å². The molecule has 29 heavy (non-hydrogen) atoms. The van der Waals surface area contributed by atoms with Crippen molar-refractivity contribution in [2.45, 2.75) is 18.7 Å². The average molecular weight is 419 g/mol. The number of hydrogen-bond donors (Lipinski definition) is 1. The average Bonchev–Trinajstić information content (AvgIpc) is 2.99. The first-order valence-electron chi connectivity index (χ1n) is 9.24. The van der Waals surface area contributed by atoms with E-state index in [1.54, 1.807) is 23.1 Å². The molecule has 7 nitrogen and oxygen atoms in total. The van der Waals surface area contributed by atoms with Crippen molar-refractivity contribution < 1.29 is 27.8 Å². The van der Waals surface area contributed by atoms with Crippen LogP contribution < -0.4 is 9.47 Å². The summed E-state index contributed by atoms with van der Waals surface area (Å²) in [5.74, 6) is 0.311. The predicted octanol–water partition coefficient (Wildman–Crippen LogP) is 1.55. The Kier molecular flexibility index (Phi) is 6.56. The van der Waals surface area contributed by atoms with Gasteiger partial charge in [0, 0.05) is 12.1 Å². The normalized spacial score (nSPS) is 20.6. The Morgan fingerprint density at radius 1 is 1.07 bits per heavy atom. The van der Waals surface area contributed by atoms with E-state index < -0.39 is 22.0 Å². The van der Waals surface area contributed by atoms with Gasteiger partial charge in [0.25, 0.3) is 0 Å². The van der Waals surface area contributed by atoms with Gasteiger partial charge in [-0.2, -0.15) is 0 Å². The third-order valence-electron chi connectivity index (χ3n) is 5.04. The van der Waals surface area contributed by atoms with Gasteiger partial charge in [-0.25, -0.2) is 8.42 Å². The molecule has 0 aliphatic carbocycles. The van der Waals surface area contributed by atoms with E-state index in [2.05, 4.69) is 0 Å². The summed E-state index contributed by atoms with van der Waals surface area (Å²) in [5, 5.41) is 10.3. The molecule has 1 aliphatic heterocycles. The number of ketones is 1. The highest BCUT2D eigenvalue weighted by Crippen LogP contribution is 2.28. The first kappa shape index (κ1) is 21.3. The van der Waals surface area contributed by atoms with Crippen molar-refractivity contribution >= 4 is 15.6 Å². The number of benzene rings is 2. The highest BCUT2D eigenvalue weighted by atomic mass is 32.2. The summed E-state index contributed by atoms with van der Waals surface area (Å²) in [5.41, 5.74) is 1.36. The molecule has 3 rings (SSSR count). The van der Waals surface area contributed by atoms with Crippen LogP contribution in [0, 0.1) is 0 Å². The van der Waals surface area contributed by atoms with Gasteiger partial charge in [-0.15, -0.1) is 0 Å². The van der Waals surface area contributed by atoms with E-state index in [0.29, 0.717) is 23.6 Å². The van der Waals surface area contributed by atoms with Crippen LogP contribution in [0.3, 0.4) is 0 Å². The monoisotopic (exact) mass is 419 g/mol. The van der Waals surface area contributed by atoms with Crippen molar-refractivity contribution in [2.24, 2.45) is 0 Å². The fourth-order valence-electron chi connectivity index (χ4n) is 3.55. The second-order valence-electron chi connectivity index (χ2n) is 7.10. The maximum absolute atomic E-state index is 13.0. The molecule has 1 heterocycles. The number of carbonyl (C=O) groups excluding carboxylic acids is 1. The molecule has 156 valence electrons. The largest absolute Gasteiger partial charge is 0.493 e. The number of carbonyl (C=O) groups is 1. The number of aliphatic hydroxyl groups excluding tert-OH is 1. The van der Waals surface area contributed by atoms with Gasteiger partial charge in [-0.1, -0.05) is 30.3 Å². The Morgan fingerprint density at radius 2 is 1.76 bits per heavy atom. The lowest BCUT2D eigenvalue weighted by atomic mass is 10.1. The van der Waals surface area contributed by atoms with Gasteiger partial charge in [-0.3, -0.25) is 9.69 Å². The number of Topliss-reactive ketones (excluding diaryl/α,β-unsaturated/α-hetero) is 1. The molecular weight excluding hydrogens is 394 g/mol. The van der Waals surface area contributed by atoms with Crippen LogP contribution in [0.5, 0.6) is 11.5 Å². The number of ether oxygens (including phenoxy) is 2. The van der Waals surface area contributed by atoms with Crippen molar-refractivity contribution in [3.8, 4) is 11.5 Å². The molecule has 0 amide bonds. The summed E-state index contributed by atoms with van der Waals surface area (Å²) in [6.45, 7) is 0.332. The van der Waals surface area contributed by atoms with Crippen molar-refractivity contribution in [1.82, 2.24) is 4.90 Å². The second-order valence-corrected chi connectivity index (χ2v) is 9.25. The maximum Gasteiger partial charge on any atom is 0.176 e. The Balaban J connectivity index is 1.85. The van der Waals surface area contributed by atoms with Gasteiger partial charge >= 0.3 is 0 Å². The van der Waals surface area contributed by atoms with E-state index in [0.717, 1.165) is 5.56 Å². The summed E-state index contributed by atoms with van der Waals surface area (Å²) in [6.07, 6.45) is -1.03. The van der Waals surface area contributed by atoms with Crippen LogP contribution in [0.4, 0.5) is 0 Å². The van der Waals surface area contributed by atoms with E-state index in [9.17, 15) is 18.3 Å². The molecule has 0 bridgehead atoms. The lowest BCUT2D eigenvalue weighted by molar-refractivity contribution is 0.0665. The molecule has 0 saturated carbocycles. The Labute approximate surface area is 170 Å². The minimum Gasteiger partial charge on any atom is -0.493 e. The highest BCUT2D eigenvalue weighted by Gasteiger charge is 2.40. The Hall–Kier alpha value is -2.42. The van der Waals surface area contributed by atoms with Crippen LogP contribution in [0.25, 0.3) is 0 Å². The molecule has 1 N–H and O–H groups in total. The lowest BCUT2D eigenvalue weighted by Crippen LogP contribution is -2.45. The summed E-state index contributed by atoms with van der Waals surface area (Å²) < 4.78 is 34.5. The second kappa shape index (κ2) is 8.94. The van der Waals surface area contributed by atoms with Gasteiger partial charge in [0.15, 0.2) is 27.1 Å². The van der Waals surface area contributed by atoms with Crippen LogP contribution >= 0.6 is 0 Å². The van der Waals surface area contributed by atoms with Crippen molar-refractivity contribution in [2.75, 3.05) is 32.3 Å². The summed E-state index contributed by atoms with van der Waals surface area (Å²) in [4.78, 5) is 14.7. The SMILES string of the molecule is COc1ccc(C(=O)CN(Cc2ccccc2)[C@@H]2CS(=O)(=O)C[C@@H]2O)cc1OC. The molecule has 2 aromatic carbocycles. The summed E-state index contributed by atoms with van der Waals surface area (Å²) >= 11 is 0. The van der Waals surface area contributed by atoms with Gasteiger partial charge in [-0.05, 0) is 23.8 Å². The first-order chi connectivity index (χ1) is 13.8. The van der Waals surface area contributed by atoms with Crippen molar-refractivity contribution in [3.63, 3.8) is 0 Å². The van der Waals surface area contributed by atoms with Gasteiger partial charge in [0.1, 0.15) is 0 Å². The molecule has 0 aromatic heterocycles. The summed E-state index contributed by atoms with van der Waals surface area (Å²) in [6, 6.07) is 13.7. The molecule has 2 atom stereocenters. The Bertz CT molecular complexity index is 960. The van der Waals surface area contributed by atoms with Crippen molar-refractivity contribution in [3.05, 3.63) is 59.7 Å². The number of rotatable bonds is 8. The fourth-order valence-corrected chi connectivity index (χ4v) is 5.38. The third kappa shape index (κ3) is 5.14. The summed E-state index contributed by atoms with van der Waals surface area (Å²) in [7, 11) is -0.331. The molecule has 8 heteroatoms. The quantitative estimate of drug-likeness (QED) is 0.649. The van der Waals surface area contributed by atoms with Crippen LogP contribution in [-0.2, 0) is 16.4 Å². The molecule has 0 unspecified atom stereocenters. The van der Waals surface area contributed by atoms with Gasteiger partial charge in [0.2, 0.25) is 0 Å². The Morgan fingerprint density at radius 3 is 2.34 bits per heavy atom. The number of sulfone groups is 1. The fraction of sp³-hybridized carbons (Fsp3) is 0.381. The van der Waals surface area contributed by atoms with E-state index >= 15 is 0 Å². The zero-order valence-electron chi connectivity index (χ0n) is 16.4. The van der Waals surface area contributed by atoms with E-state index in [1.807, 2.05) is 30.3 Å². The minimum absolute atomic E-state index is 0.0262. The van der Waals surface area contributed by atoms with Crippen LogP contribution in [0.2, 0.25) is 0 Å². The van der Waals surface area contributed by atoms with Gasteiger partial charge in [0.05, 0.1) is 44.4 Å².